The van der Waals surface area contributed by atoms with Crippen LogP contribution in [0.5, 0.6) is 5.75 Å². The maximum Gasteiger partial charge on any atom is 0.262 e. The lowest BCUT2D eigenvalue weighted by molar-refractivity contribution is -0.118. The lowest BCUT2D eigenvalue weighted by Crippen LogP contribution is -2.37. The molecule has 0 aliphatic carbocycles. The van der Waals surface area contributed by atoms with Crippen molar-refractivity contribution in [2.75, 3.05) is 18.5 Å². The van der Waals surface area contributed by atoms with Gasteiger partial charge in [0.05, 0.1) is 11.3 Å². The molecule has 25 heavy (non-hydrogen) atoms. The van der Waals surface area contributed by atoms with Crippen molar-refractivity contribution in [3.63, 3.8) is 0 Å². The number of halogens is 1. The van der Waals surface area contributed by atoms with Crippen molar-refractivity contribution >= 4 is 29.1 Å². The van der Waals surface area contributed by atoms with Crippen molar-refractivity contribution in [3.8, 4) is 5.75 Å². The second kappa shape index (κ2) is 6.76. The van der Waals surface area contributed by atoms with Crippen molar-refractivity contribution in [1.29, 1.82) is 0 Å². The second-order valence-corrected chi connectivity index (χ2v) is 7.03. The number of carbonyl (C=O) groups is 2. The number of rotatable bonds is 4. The first kappa shape index (κ1) is 17.3. The molecule has 6 heteroatoms. The van der Waals surface area contributed by atoms with Gasteiger partial charge in [0.15, 0.2) is 12.4 Å². The van der Waals surface area contributed by atoms with Crippen LogP contribution in [0.1, 0.15) is 29.8 Å². The highest BCUT2D eigenvalue weighted by Gasteiger charge is 2.25. The number of fused-ring (bicyclic) bond motifs is 1. The van der Waals surface area contributed by atoms with Gasteiger partial charge in [-0.15, -0.1) is 0 Å². The van der Waals surface area contributed by atoms with Crippen LogP contribution in [0.15, 0.2) is 42.5 Å². The Bertz CT molecular complexity index is 833. The summed E-state index contributed by atoms with van der Waals surface area (Å²) in [6.07, 6.45) is 0. The molecule has 2 aromatic carbocycles. The average Bonchev–Trinajstić information content (AvgIpc) is 2.59. The minimum absolute atomic E-state index is 0.0920. The molecule has 0 aromatic heterocycles. The van der Waals surface area contributed by atoms with Gasteiger partial charge < -0.3 is 15.4 Å². The fraction of sp³-hybridized carbons (Fsp3) is 0.263. The summed E-state index contributed by atoms with van der Waals surface area (Å²) in [5.41, 5.74) is 1.67. The van der Waals surface area contributed by atoms with E-state index in [9.17, 15) is 9.59 Å². The number of hydrogen-bond acceptors (Lipinski definition) is 3. The molecule has 0 unspecified atom stereocenters. The van der Waals surface area contributed by atoms with Crippen molar-refractivity contribution in [2.45, 2.75) is 19.3 Å². The summed E-state index contributed by atoms with van der Waals surface area (Å²) < 4.78 is 5.43. The first-order valence-electron chi connectivity index (χ1n) is 7.97. The van der Waals surface area contributed by atoms with Gasteiger partial charge in [-0.1, -0.05) is 43.6 Å². The number of anilines is 1. The summed E-state index contributed by atoms with van der Waals surface area (Å²) in [7, 11) is 0. The highest BCUT2D eigenvalue weighted by Crippen LogP contribution is 2.32. The SMILES string of the molecule is CC(C)(CNC(=O)c1cccc2c1OCC(=O)N2)c1cccc(Cl)c1. The van der Waals surface area contributed by atoms with Gasteiger partial charge in [0.1, 0.15) is 0 Å². The van der Waals surface area contributed by atoms with Crippen LogP contribution < -0.4 is 15.4 Å². The van der Waals surface area contributed by atoms with Gasteiger partial charge in [-0.3, -0.25) is 9.59 Å². The molecule has 130 valence electrons. The number of carbonyl (C=O) groups excluding carboxylic acids is 2. The fourth-order valence-electron chi connectivity index (χ4n) is 2.70. The summed E-state index contributed by atoms with van der Waals surface area (Å²) in [5.74, 6) is -0.0737. The van der Waals surface area contributed by atoms with E-state index in [1.807, 2.05) is 38.1 Å². The predicted octanol–water partition coefficient (Wildman–Crippen LogP) is 3.38. The third-order valence-corrected chi connectivity index (χ3v) is 4.41. The van der Waals surface area contributed by atoms with Crippen LogP contribution in [0.3, 0.4) is 0 Å². The van der Waals surface area contributed by atoms with E-state index in [1.165, 1.54) is 0 Å². The monoisotopic (exact) mass is 358 g/mol. The van der Waals surface area contributed by atoms with Crippen LogP contribution in [-0.2, 0) is 10.2 Å². The molecule has 0 fully saturated rings. The van der Waals surface area contributed by atoms with Crippen molar-refractivity contribution in [2.24, 2.45) is 0 Å². The second-order valence-electron chi connectivity index (χ2n) is 6.60. The van der Waals surface area contributed by atoms with Gasteiger partial charge in [0.2, 0.25) is 0 Å². The standard InChI is InChI=1S/C19H19ClN2O3/c1-19(2,12-5-3-6-13(20)9-12)11-21-18(24)14-7-4-8-15-17(14)25-10-16(23)22-15/h3-9H,10-11H2,1-2H3,(H,21,24)(H,22,23). The predicted molar refractivity (Wildman–Crippen MR) is 97.4 cm³/mol. The number of benzene rings is 2. The summed E-state index contributed by atoms with van der Waals surface area (Å²) in [4.78, 5) is 24.0. The quantitative estimate of drug-likeness (QED) is 0.880. The molecule has 0 atom stereocenters. The van der Waals surface area contributed by atoms with Gasteiger partial charge in [-0.2, -0.15) is 0 Å². The number of nitrogens with one attached hydrogen (secondary N) is 2. The van der Waals surface area contributed by atoms with Gasteiger partial charge in [0, 0.05) is 17.0 Å². The smallest absolute Gasteiger partial charge is 0.262 e. The van der Waals surface area contributed by atoms with Gasteiger partial charge in [0.25, 0.3) is 11.8 Å². The molecule has 3 rings (SSSR count). The molecule has 0 saturated carbocycles. The largest absolute Gasteiger partial charge is 0.481 e. The summed E-state index contributed by atoms with van der Waals surface area (Å²) in [5, 5.41) is 6.31. The summed E-state index contributed by atoms with van der Waals surface area (Å²) >= 11 is 6.06. The van der Waals surface area contributed by atoms with E-state index in [0.717, 1.165) is 5.56 Å². The van der Waals surface area contributed by atoms with E-state index >= 15 is 0 Å². The zero-order valence-corrected chi connectivity index (χ0v) is 14.8. The first-order valence-corrected chi connectivity index (χ1v) is 8.34. The molecule has 0 bridgehead atoms. The van der Waals surface area contributed by atoms with Crippen LogP contribution >= 0.6 is 11.6 Å². The maximum atomic E-state index is 12.6. The number of para-hydroxylation sites is 1. The topological polar surface area (TPSA) is 67.4 Å². The molecule has 1 aliphatic heterocycles. The molecule has 1 heterocycles. The van der Waals surface area contributed by atoms with E-state index in [2.05, 4.69) is 10.6 Å². The Balaban J connectivity index is 1.75. The Morgan fingerprint density at radius 3 is 2.80 bits per heavy atom. The number of hydrogen-bond donors (Lipinski definition) is 2. The Kier molecular flexibility index (Phi) is 4.68. The van der Waals surface area contributed by atoms with Crippen LogP contribution in [-0.4, -0.2) is 25.0 Å². The van der Waals surface area contributed by atoms with Crippen LogP contribution in [0.4, 0.5) is 5.69 Å². The molecule has 2 aromatic rings. The van der Waals surface area contributed by atoms with Crippen molar-refractivity contribution < 1.29 is 14.3 Å². The molecule has 2 amide bonds. The third-order valence-electron chi connectivity index (χ3n) is 4.18. The summed E-state index contributed by atoms with van der Waals surface area (Å²) in [6.45, 7) is 4.42. The van der Waals surface area contributed by atoms with Crippen molar-refractivity contribution in [1.82, 2.24) is 5.32 Å². The number of ether oxygens (including phenoxy) is 1. The maximum absolute atomic E-state index is 12.6. The van der Waals surface area contributed by atoms with E-state index in [-0.39, 0.29) is 23.8 Å². The zero-order valence-electron chi connectivity index (χ0n) is 14.1. The van der Waals surface area contributed by atoms with E-state index in [0.29, 0.717) is 28.6 Å². The third kappa shape index (κ3) is 3.77. The molecular formula is C19H19ClN2O3. The molecule has 0 saturated heterocycles. The van der Waals surface area contributed by atoms with Crippen LogP contribution in [0, 0.1) is 0 Å². The lowest BCUT2D eigenvalue weighted by atomic mass is 9.84. The van der Waals surface area contributed by atoms with Crippen molar-refractivity contribution in [3.05, 3.63) is 58.6 Å². The highest BCUT2D eigenvalue weighted by atomic mass is 35.5. The molecular weight excluding hydrogens is 340 g/mol. The van der Waals surface area contributed by atoms with Gasteiger partial charge in [-0.25, -0.2) is 0 Å². The fourth-order valence-corrected chi connectivity index (χ4v) is 2.89. The number of amides is 2. The normalized spacial score (nSPS) is 13.5. The van der Waals surface area contributed by atoms with Gasteiger partial charge in [-0.05, 0) is 29.8 Å². The average molecular weight is 359 g/mol. The molecule has 1 aliphatic rings. The summed E-state index contributed by atoms with van der Waals surface area (Å²) in [6, 6.07) is 12.7. The van der Waals surface area contributed by atoms with Gasteiger partial charge >= 0.3 is 0 Å². The molecule has 0 spiro atoms. The lowest BCUT2D eigenvalue weighted by Gasteiger charge is -2.26. The minimum Gasteiger partial charge on any atom is -0.481 e. The molecule has 5 nitrogen and oxygen atoms in total. The van der Waals surface area contributed by atoms with E-state index < -0.39 is 0 Å². The Morgan fingerprint density at radius 1 is 1.28 bits per heavy atom. The van der Waals surface area contributed by atoms with E-state index in [1.54, 1.807) is 18.2 Å². The Labute approximate surface area is 151 Å². The highest BCUT2D eigenvalue weighted by molar-refractivity contribution is 6.30. The zero-order chi connectivity index (χ0) is 18.0. The van der Waals surface area contributed by atoms with E-state index in [4.69, 9.17) is 16.3 Å². The Morgan fingerprint density at radius 2 is 2.04 bits per heavy atom. The van der Waals surface area contributed by atoms with Crippen LogP contribution in [0.2, 0.25) is 5.02 Å². The van der Waals surface area contributed by atoms with Crippen LogP contribution in [0.25, 0.3) is 0 Å². The molecule has 2 N–H and O–H groups in total. The molecule has 0 radical (unpaired) electrons. The first-order chi connectivity index (χ1) is 11.9. The minimum atomic E-state index is -0.287. The Hall–Kier alpha value is -2.53.